The van der Waals surface area contributed by atoms with Crippen LogP contribution in [-0.4, -0.2) is 39.0 Å². The molecule has 0 aromatic carbocycles. The molecule has 0 aromatic rings. The molecule has 4 radical (unpaired) electrons. The minimum absolute atomic E-state index is 0.616. The molecule has 0 aliphatic carbocycles. The van der Waals surface area contributed by atoms with E-state index in [1.54, 1.807) is 0 Å². The molecular weight excluding hydrogens is 156 g/mol. The molecule has 0 saturated carbocycles. The van der Waals surface area contributed by atoms with Crippen LogP contribution in [0.1, 0.15) is 40.5 Å². The zero-order valence-electron chi connectivity index (χ0n) is 9.51. The van der Waals surface area contributed by atoms with Crippen molar-refractivity contribution in [2.24, 2.45) is 5.92 Å². The van der Waals surface area contributed by atoms with Crippen LogP contribution in [0.4, 0.5) is 0 Å². The van der Waals surface area contributed by atoms with Crippen LogP contribution in [0, 0.1) is 5.92 Å². The molecular formula is C10H21B2N. The van der Waals surface area contributed by atoms with E-state index in [2.05, 4.69) is 11.8 Å². The van der Waals surface area contributed by atoms with Gasteiger partial charge in [-0.2, -0.15) is 0 Å². The van der Waals surface area contributed by atoms with Crippen LogP contribution in [0.25, 0.3) is 0 Å². The Bertz CT molecular complexity index is 131. The van der Waals surface area contributed by atoms with E-state index in [0.29, 0.717) is 0 Å². The molecule has 0 amide bonds. The van der Waals surface area contributed by atoms with Crippen LogP contribution in [-0.2, 0) is 0 Å². The van der Waals surface area contributed by atoms with Crippen LogP contribution < -0.4 is 0 Å². The predicted octanol–water partition coefficient (Wildman–Crippen LogP) is 1.76. The van der Waals surface area contributed by atoms with E-state index < -0.39 is 5.34 Å². The molecule has 0 bridgehead atoms. The lowest BCUT2D eigenvalue weighted by molar-refractivity contribution is 0.156. The molecule has 0 N–H and O–H groups in total. The number of hydrogen-bond acceptors (Lipinski definition) is 1. The van der Waals surface area contributed by atoms with E-state index in [1.807, 2.05) is 20.8 Å². The minimum Gasteiger partial charge on any atom is -0.315 e. The van der Waals surface area contributed by atoms with Gasteiger partial charge in [0.05, 0.1) is 15.7 Å². The van der Waals surface area contributed by atoms with Gasteiger partial charge in [0.15, 0.2) is 0 Å². The fourth-order valence-electron chi connectivity index (χ4n) is 1.63. The van der Waals surface area contributed by atoms with E-state index in [0.717, 1.165) is 19.0 Å². The average Bonchev–Trinajstić information content (AvgIpc) is 2.06. The molecule has 1 fully saturated rings. The van der Waals surface area contributed by atoms with Gasteiger partial charge in [0.1, 0.15) is 0 Å². The molecule has 1 rings (SSSR count). The van der Waals surface area contributed by atoms with E-state index >= 15 is 0 Å². The summed E-state index contributed by atoms with van der Waals surface area (Å²) in [6, 6.07) is 0. The Labute approximate surface area is 86.1 Å². The Kier molecular flexibility index (Phi) is 5.78. The predicted molar refractivity (Wildman–Crippen MR) is 61.2 cm³/mol. The average molecular weight is 177 g/mol. The lowest BCUT2D eigenvalue weighted by Gasteiger charge is -2.41. The van der Waals surface area contributed by atoms with Gasteiger partial charge in [-0.25, -0.2) is 0 Å². The van der Waals surface area contributed by atoms with Crippen molar-refractivity contribution in [2.75, 3.05) is 13.1 Å². The molecule has 1 saturated heterocycles. The number of rotatable bonds is 1. The molecule has 72 valence electrons. The summed E-state index contributed by atoms with van der Waals surface area (Å²) in [6.07, 6.45) is 2.54. The summed E-state index contributed by atoms with van der Waals surface area (Å²) in [5.41, 5.74) is 0. The van der Waals surface area contributed by atoms with Crippen LogP contribution in [0.3, 0.4) is 0 Å². The second-order valence-corrected chi connectivity index (χ2v) is 3.92. The third-order valence-corrected chi connectivity index (χ3v) is 2.34. The van der Waals surface area contributed by atoms with Gasteiger partial charge in [-0.15, -0.1) is 0 Å². The van der Waals surface area contributed by atoms with Crippen molar-refractivity contribution < 1.29 is 0 Å². The van der Waals surface area contributed by atoms with Crippen molar-refractivity contribution in [3.63, 3.8) is 0 Å². The maximum atomic E-state index is 5.78. The largest absolute Gasteiger partial charge is 0.315 e. The molecule has 1 atom stereocenters. The lowest BCUT2D eigenvalue weighted by atomic mass is 9.61. The first-order valence-electron chi connectivity index (χ1n) is 5.33. The van der Waals surface area contributed by atoms with Gasteiger partial charge in [0, 0.05) is 0 Å². The Hall–Kier alpha value is 0.0899. The van der Waals surface area contributed by atoms with Gasteiger partial charge in [-0.3, -0.25) is 0 Å². The molecule has 1 unspecified atom stereocenters. The standard InChI is InChI=1S/C8H15B2N.C2H6/c1-7-4-3-5-11(6-7)8(2,9)10;1-2/h7H,3-6H2,1-2H3;1-2H3. The van der Waals surface area contributed by atoms with Crippen LogP contribution in [0.5, 0.6) is 0 Å². The zero-order chi connectivity index (χ0) is 10.5. The number of likely N-dealkylation sites (tertiary alicyclic amines) is 1. The topological polar surface area (TPSA) is 3.24 Å². The smallest absolute Gasteiger partial charge is 0.0820 e. The van der Waals surface area contributed by atoms with Gasteiger partial charge in [0.2, 0.25) is 0 Å². The van der Waals surface area contributed by atoms with E-state index in [1.165, 1.54) is 12.8 Å². The number of nitrogens with zero attached hydrogens (tertiary/aromatic N) is 1. The van der Waals surface area contributed by atoms with Gasteiger partial charge in [-0.1, -0.05) is 33.0 Å². The number of piperidine rings is 1. The first-order valence-corrected chi connectivity index (χ1v) is 5.33. The molecule has 1 nitrogen and oxygen atoms in total. The van der Waals surface area contributed by atoms with Crippen LogP contribution >= 0.6 is 0 Å². The molecule has 1 aliphatic rings. The van der Waals surface area contributed by atoms with E-state index in [4.69, 9.17) is 15.7 Å². The van der Waals surface area contributed by atoms with Crippen molar-refractivity contribution >= 4 is 15.7 Å². The van der Waals surface area contributed by atoms with Crippen molar-refractivity contribution in [1.29, 1.82) is 0 Å². The minimum atomic E-state index is -0.616. The second kappa shape index (κ2) is 5.74. The molecule has 0 spiro atoms. The first-order chi connectivity index (χ1) is 6.00. The lowest BCUT2D eigenvalue weighted by Crippen LogP contribution is -2.51. The Morgan fingerprint density at radius 1 is 1.31 bits per heavy atom. The number of hydrogen-bond donors (Lipinski definition) is 0. The molecule has 1 aliphatic heterocycles. The van der Waals surface area contributed by atoms with Crippen molar-refractivity contribution in [3.8, 4) is 0 Å². The highest BCUT2D eigenvalue weighted by Gasteiger charge is 2.24. The Morgan fingerprint density at radius 3 is 2.15 bits per heavy atom. The molecule has 1 heterocycles. The second-order valence-electron chi connectivity index (χ2n) is 3.92. The summed E-state index contributed by atoms with van der Waals surface area (Å²) >= 11 is 0. The third-order valence-electron chi connectivity index (χ3n) is 2.34. The van der Waals surface area contributed by atoms with Gasteiger partial charge in [0.25, 0.3) is 0 Å². The monoisotopic (exact) mass is 177 g/mol. The SMILES string of the molecule is CC.[B]C([B])(C)N1CCCC(C)C1. The quantitative estimate of drug-likeness (QED) is 0.551. The normalized spacial score (nSPS) is 24.8. The Balaban J connectivity index is 0.000000671. The van der Waals surface area contributed by atoms with Crippen molar-refractivity contribution in [2.45, 2.75) is 45.9 Å². The summed E-state index contributed by atoms with van der Waals surface area (Å²) in [7, 11) is 11.6. The maximum Gasteiger partial charge on any atom is 0.0820 e. The fourth-order valence-corrected chi connectivity index (χ4v) is 1.63. The van der Waals surface area contributed by atoms with Crippen LogP contribution in [0.2, 0.25) is 0 Å². The zero-order valence-corrected chi connectivity index (χ0v) is 9.51. The molecule has 13 heavy (non-hydrogen) atoms. The summed E-state index contributed by atoms with van der Waals surface area (Å²) in [5, 5.41) is -0.616. The first kappa shape index (κ1) is 13.1. The van der Waals surface area contributed by atoms with E-state index in [9.17, 15) is 0 Å². The molecule has 3 heteroatoms. The summed E-state index contributed by atoms with van der Waals surface area (Å²) in [4.78, 5) is 2.15. The highest BCUT2D eigenvalue weighted by Crippen LogP contribution is 2.19. The maximum absolute atomic E-state index is 5.78. The van der Waals surface area contributed by atoms with E-state index in [-0.39, 0.29) is 0 Å². The van der Waals surface area contributed by atoms with Crippen molar-refractivity contribution in [1.82, 2.24) is 4.90 Å². The van der Waals surface area contributed by atoms with Gasteiger partial charge >= 0.3 is 0 Å². The summed E-state index contributed by atoms with van der Waals surface area (Å²) in [6.45, 7) is 10.2. The summed E-state index contributed by atoms with van der Waals surface area (Å²) < 4.78 is 0. The fraction of sp³-hybridized carbons (Fsp3) is 1.00. The van der Waals surface area contributed by atoms with Gasteiger partial charge < -0.3 is 4.90 Å². The molecule has 0 aromatic heterocycles. The highest BCUT2D eigenvalue weighted by atomic mass is 15.2. The third kappa shape index (κ3) is 4.75. The van der Waals surface area contributed by atoms with Crippen molar-refractivity contribution in [3.05, 3.63) is 0 Å². The Morgan fingerprint density at radius 2 is 1.85 bits per heavy atom. The van der Waals surface area contributed by atoms with Crippen LogP contribution in [0.15, 0.2) is 0 Å². The van der Waals surface area contributed by atoms with Gasteiger partial charge in [-0.05, 0) is 31.8 Å². The highest BCUT2D eigenvalue weighted by molar-refractivity contribution is 6.39. The summed E-state index contributed by atoms with van der Waals surface area (Å²) in [5.74, 6) is 0.746.